The molecule has 3 aliphatic rings. The first-order valence-electron chi connectivity index (χ1n) is 8.38. The number of phenols is 1. The van der Waals surface area contributed by atoms with Gasteiger partial charge in [0, 0.05) is 0 Å². The van der Waals surface area contributed by atoms with E-state index in [1.165, 1.54) is 17.6 Å². The molecule has 0 aliphatic heterocycles. The van der Waals surface area contributed by atoms with Crippen molar-refractivity contribution in [3.05, 3.63) is 53.6 Å². The number of hydrogen-bond acceptors (Lipinski definition) is 2. The molecule has 5 unspecified atom stereocenters. The highest BCUT2D eigenvalue weighted by molar-refractivity contribution is 5.43. The molecule has 1 fully saturated rings. The third kappa shape index (κ3) is 1.77. The lowest BCUT2D eigenvalue weighted by atomic mass is 9.54. The van der Waals surface area contributed by atoms with Gasteiger partial charge in [0.25, 0.3) is 0 Å². The minimum Gasteiger partial charge on any atom is -0.508 e. The molecular formula is C20H24O2. The van der Waals surface area contributed by atoms with Gasteiger partial charge < -0.3 is 10.2 Å². The molecule has 0 saturated heterocycles. The Kier molecular flexibility index (Phi) is 3.02. The van der Waals surface area contributed by atoms with E-state index in [4.69, 9.17) is 0 Å². The average molecular weight is 296 g/mol. The zero-order chi connectivity index (χ0) is 15.5. The lowest BCUT2D eigenvalue weighted by Gasteiger charge is -2.51. The minimum atomic E-state index is -0.446. The highest BCUT2D eigenvalue weighted by atomic mass is 16.3. The van der Waals surface area contributed by atoms with Crippen molar-refractivity contribution in [2.45, 2.75) is 44.6 Å². The smallest absolute Gasteiger partial charge is 0.115 e. The number of allylic oxidation sites excluding steroid dienone is 3. The fraction of sp³-hybridized carbons (Fsp3) is 0.500. The van der Waals surface area contributed by atoms with Crippen LogP contribution in [0.4, 0.5) is 0 Å². The van der Waals surface area contributed by atoms with E-state index in [-0.39, 0.29) is 11.2 Å². The number of rotatable bonds is 1. The summed E-state index contributed by atoms with van der Waals surface area (Å²) in [7, 11) is 0. The number of benzene rings is 1. The summed E-state index contributed by atoms with van der Waals surface area (Å²) in [5, 5.41) is 20.3. The molecule has 0 aromatic heterocycles. The second-order valence-corrected chi connectivity index (χ2v) is 7.50. The summed E-state index contributed by atoms with van der Waals surface area (Å²) < 4.78 is 0. The predicted octanol–water partition coefficient (Wildman–Crippen LogP) is 4.46. The van der Waals surface area contributed by atoms with E-state index in [1.54, 1.807) is 12.1 Å². The van der Waals surface area contributed by atoms with Crippen LogP contribution in [0.15, 0.2) is 42.5 Å². The fourth-order valence-electron chi connectivity index (χ4n) is 5.49. The molecule has 4 rings (SSSR count). The van der Waals surface area contributed by atoms with Gasteiger partial charge in [-0.2, -0.15) is 0 Å². The maximum Gasteiger partial charge on any atom is 0.115 e. The first kappa shape index (κ1) is 14.1. The zero-order valence-corrected chi connectivity index (χ0v) is 13.1. The average Bonchev–Trinajstić information content (AvgIpc) is 2.84. The molecule has 5 atom stereocenters. The van der Waals surface area contributed by atoms with E-state index in [2.05, 4.69) is 19.6 Å². The number of hydrogen-bond donors (Lipinski definition) is 2. The molecule has 116 valence electrons. The van der Waals surface area contributed by atoms with Crippen molar-refractivity contribution in [3.63, 3.8) is 0 Å². The summed E-state index contributed by atoms with van der Waals surface area (Å²) in [6, 6.07) is 5.56. The Labute approximate surface area is 132 Å². The number of aromatic hydroxyl groups is 1. The van der Waals surface area contributed by atoms with Crippen molar-refractivity contribution >= 4 is 0 Å². The molecular weight excluding hydrogens is 272 g/mol. The Bertz CT molecular complexity index is 660. The predicted molar refractivity (Wildman–Crippen MR) is 87.6 cm³/mol. The van der Waals surface area contributed by atoms with E-state index in [9.17, 15) is 10.2 Å². The molecule has 2 heteroatoms. The standard InChI is InChI=1S/C20H24O2/c1-3-12-4-7-18-16-11-19(22)17-10-13(21)5-6-14(17)15(16)8-9-20(12,18)2/h3-6,10,15-16,18-19,21-22H,1,7-9,11H2,2H3. The van der Waals surface area contributed by atoms with E-state index in [1.807, 2.05) is 12.1 Å². The maximum atomic E-state index is 10.6. The first-order chi connectivity index (χ1) is 10.5. The molecule has 22 heavy (non-hydrogen) atoms. The van der Waals surface area contributed by atoms with E-state index < -0.39 is 6.10 Å². The summed E-state index contributed by atoms with van der Waals surface area (Å²) in [4.78, 5) is 0. The van der Waals surface area contributed by atoms with Gasteiger partial charge in [0.2, 0.25) is 0 Å². The molecule has 0 amide bonds. The second kappa shape index (κ2) is 4.73. The van der Waals surface area contributed by atoms with Gasteiger partial charge in [-0.3, -0.25) is 0 Å². The van der Waals surface area contributed by atoms with Crippen LogP contribution in [-0.4, -0.2) is 10.2 Å². The minimum absolute atomic E-state index is 0.233. The van der Waals surface area contributed by atoms with Crippen molar-refractivity contribution < 1.29 is 10.2 Å². The summed E-state index contributed by atoms with van der Waals surface area (Å²) in [5.74, 6) is 1.92. The van der Waals surface area contributed by atoms with Crippen molar-refractivity contribution in [3.8, 4) is 5.75 Å². The van der Waals surface area contributed by atoms with Gasteiger partial charge in [0.1, 0.15) is 5.75 Å². The van der Waals surface area contributed by atoms with Crippen LogP contribution < -0.4 is 0 Å². The quantitative estimate of drug-likeness (QED) is 0.803. The lowest BCUT2D eigenvalue weighted by Crippen LogP contribution is -2.41. The topological polar surface area (TPSA) is 40.5 Å². The molecule has 1 aromatic rings. The molecule has 0 bridgehead atoms. The van der Waals surface area contributed by atoms with Crippen LogP contribution in [0.25, 0.3) is 0 Å². The van der Waals surface area contributed by atoms with Gasteiger partial charge in [0.15, 0.2) is 0 Å². The van der Waals surface area contributed by atoms with Crippen LogP contribution in [0.1, 0.15) is 55.8 Å². The van der Waals surface area contributed by atoms with Gasteiger partial charge >= 0.3 is 0 Å². The van der Waals surface area contributed by atoms with E-state index in [0.717, 1.165) is 24.8 Å². The van der Waals surface area contributed by atoms with Gasteiger partial charge in [-0.1, -0.05) is 31.7 Å². The van der Waals surface area contributed by atoms with Crippen LogP contribution in [0.5, 0.6) is 5.75 Å². The van der Waals surface area contributed by atoms with Crippen LogP contribution in [0.2, 0.25) is 0 Å². The van der Waals surface area contributed by atoms with Gasteiger partial charge in [-0.25, -0.2) is 0 Å². The lowest BCUT2D eigenvalue weighted by molar-refractivity contribution is 0.0282. The Morgan fingerprint density at radius 3 is 2.91 bits per heavy atom. The summed E-state index contributed by atoms with van der Waals surface area (Å²) >= 11 is 0. The first-order valence-corrected chi connectivity index (χ1v) is 8.38. The molecule has 0 heterocycles. The zero-order valence-electron chi connectivity index (χ0n) is 13.1. The highest BCUT2D eigenvalue weighted by Gasteiger charge is 2.52. The number of aliphatic hydroxyl groups excluding tert-OH is 1. The molecule has 3 aliphatic carbocycles. The van der Waals surface area contributed by atoms with Crippen LogP contribution >= 0.6 is 0 Å². The molecule has 0 radical (unpaired) electrons. The molecule has 0 spiro atoms. The second-order valence-electron chi connectivity index (χ2n) is 7.50. The van der Waals surface area contributed by atoms with Gasteiger partial charge in [-0.05, 0) is 77.7 Å². The largest absolute Gasteiger partial charge is 0.508 e. The van der Waals surface area contributed by atoms with Crippen molar-refractivity contribution in [1.82, 2.24) is 0 Å². The number of phenolic OH excluding ortho intramolecular Hbond substituents is 1. The maximum absolute atomic E-state index is 10.6. The molecule has 1 saturated carbocycles. The van der Waals surface area contributed by atoms with Crippen molar-refractivity contribution in [2.24, 2.45) is 17.3 Å². The Morgan fingerprint density at radius 2 is 2.14 bits per heavy atom. The number of fused-ring (bicyclic) bond motifs is 5. The SMILES string of the molecule is C=CC1=CCC2C3CC(O)c4cc(O)ccc4C3CCC12C. The van der Waals surface area contributed by atoms with Crippen LogP contribution in [0.3, 0.4) is 0 Å². The molecule has 2 N–H and O–H groups in total. The van der Waals surface area contributed by atoms with Crippen molar-refractivity contribution in [1.29, 1.82) is 0 Å². The number of aliphatic hydroxyl groups is 1. The molecule has 2 nitrogen and oxygen atoms in total. The molecule has 1 aromatic carbocycles. The Morgan fingerprint density at radius 1 is 1.32 bits per heavy atom. The fourth-order valence-corrected chi connectivity index (χ4v) is 5.49. The Hall–Kier alpha value is -1.54. The summed E-state index contributed by atoms with van der Waals surface area (Å²) in [5.41, 5.74) is 3.84. The Balaban J connectivity index is 1.74. The van der Waals surface area contributed by atoms with Crippen molar-refractivity contribution in [2.75, 3.05) is 0 Å². The van der Waals surface area contributed by atoms with E-state index in [0.29, 0.717) is 17.8 Å². The highest BCUT2D eigenvalue weighted by Crippen LogP contribution is 2.62. The third-order valence-corrected chi connectivity index (χ3v) is 6.62. The van der Waals surface area contributed by atoms with Gasteiger partial charge in [0.05, 0.1) is 6.10 Å². The van der Waals surface area contributed by atoms with Crippen LogP contribution in [-0.2, 0) is 0 Å². The summed E-state index contributed by atoms with van der Waals surface area (Å²) in [6.45, 7) is 6.38. The third-order valence-electron chi connectivity index (χ3n) is 6.62. The van der Waals surface area contributed by atoms with Crippen LogP contribution in [0, 0.1) is 17.3 Å². The van der Waals surface area contributed by atoms with E-state index >= 15 is 0 Å². The monoisotopic (exact) mass is 296 g/mol. The summed E-state index contributed by atoms with van der Waals surface area (Å²) in [6.07, 6.45) is 8.22. The normalized spacial score (nSPS) is 39.5. The van der Waals surface area contributed by atoms with Gasteiger partial charge in [-0.15, -0.1) is 0 Å².